The summed E-state index contributed by atoms with van der Waals surface area (Å²) in [6.07, 6.45) is 0. The number of carboxylic acid groups (broad SMARTS) is 1. The molecule has 1 amide bonds. The Balaban J connectivity index is 1.88. The number of amides is 1. The van der Waals surface area contributed by atoms with Crippen LogP contribution in [-0.2, 0) is 11.3 Å². The van der Waals surface area contributed by atoms with Crippen molar-refractivity contribution in [3.05, 3.63) is 95.6 Å². The largest absolute Gasteiger partial charge is 0.475 e. The Morgan fingerprint density at radius 3 is 2.03 bits per heavy atom. The number of nitrogens with two attached hydrogens (primary N) is 1. The van der Waals surface area contributed by atoms with Gasteiger partial charge in [0.2, 0.25) is 5.91 Å². The van der Waals surface area contributed by atoms with Crippen molar-refractivity contribution in [1.29, 1.82) is 0 Å². The maximum atomic E-state index is 12.5. The molecule has 0 aliphatic heterocycles. The van der Waals surface area contributed by atoms with Crippen LogP contribution < -0.4 is 5.73 Å². The molecule has 0 saturated carbocycles. The third-order valence-corrected chi connectivity index (χ3v) is 5.83. The van der Waals surface area contributed by atoms with Crippen molar-refractivity contribution in [2.45, 2.75) is 6.54 Å². The monoisotopic (exact) mass is 422 g/mol. The zero-order valence-corrected chi connectivity index (χ0v) is 16.9. The number of hydrogen-bond donors (Lipinski definition) is 2. The van der Waals surface area contributed by atoms with Crippen molar-refractivity contribution in [2.24, 2.45) is 5.73 Å². The van der Waals surface area contributed by atoms with Crippen molar-refractivity contribution in [2.75, 3.05) is 0 Å². The van der Waals surface area contributed by atoms with Crippen LogP contribution in [0.1, 0.15) is 26.3 Å². The molecular weight excluding hydrogens is 404 g/mol. The normalized spacial score (nSPS) is 11.2. The maximum absolute atomic E-state index is 12.5. The van der Waals surface area contributed by atoms with E-state index < -0.39 is 17.7 Å². The first-order chi connectivity index (χ1) is 15.5. The smallest absolute Gasteiger partial charge is 0.377 e. The van der Waals surface area contributed by atoms with Gasteiger partial charge in [-0.1, -0.05) is 54.6 Å². The minimum Gasteiger partial charge on any atom is -0.475 e. The zero-order valence-electron chi connectivity index (χ0n) is 16.9. The van der Waals surface area contributed by atoms with E-state index in [0.29, 0.717) is 28.4 Å². The van der Waals surface area contributed by atoms with Crippen molar-refractivity contribution < 1.29 is 19.5 Å². The topological polar surface area (TPSA) is 102 Å². The van der Waals surface area contributed by atoms with Gasteiger partial charge in [-0.25, -0.2) is 4.79 Å². The lowest BCUT2D eigenvalue weighted by molar-refractivity contribution is -0.131. The van der Waals surface area contributed by atoms with Gasteiger partial charge in [-0.3, -0.25) is 9.59 Å². The summed E-state index contributed by atoms with van der Waals surface area (Å²) < 4.78 is 2.00. The van der Waals surface area contributed by atoms with E-state index in [0.717, 1.165) is 16.3 Å². The van der Waals surface area contributed by atoms with Crippen LogP contribution in [0.4, 0.5) is 0 Å². The van der Waals surface area contributed by atoms with E-state index in [1.807, 2.05) is 59.2 Å². The van der Waals surface area contributed by atoms with Gasteiger partial charge in [0.1, 0.15) is 0 Å². The molecular formula is C26H18N2O4. The first-order valence-corrected chi connectivity index (χ1v) is 10.1. The quantitative estimate of drug-likeness (QED) is 0.324. The van der Waals surface area contributed by atoms with Crippen LogP contribution >= 0.6 is 0 Å². The number of carbonyl (C=O) groups is 3. The number of benzene rings is 4. The molecule has 32 heavy (non-hydrogen) atoms. The number of primary amides is 1. The lowest BCUT2D eigenvalue weighted by atomic mass is 9.99. The van der Waals surface area contributed by atoms with Gasteiger partial charge in [0.15, 0.2) is 0 Å². The molecule has 1 aromatic heterocycles. The van der Waals surface area contributed by atoms with E-state index in [4.69, 9.17) is 5.73 Å². The molecule has 0 aliphatic rings. The summed E-state index contributed by atoms with van der Waals surface area (Å²) in [5.74, 6) is -3.22. The highest BCUT2D eigenvalue weighted by Crippen LogP contribution is 2.35. The molecule has 1 heterocycles. The molecule has 3 N–H and O–H groups in total. The van der Waals surface area contributed by atoms with Gasteiger partial charge >= 0.3 is 5.97 Å². The molecule has 0 atom stereocenters. The number of fused-ring (bicyclic) bond motifs is 4. The molecule has 5 rings (SSSR count). The number of aromatic nitrogens is 1. The van der Waals surface area contributed by atoms with Crippen LogP contribution in [0.25, 0.3) is 32.6 Å². The van der Waals surface area contributed by atoms with E-state index in [2.05, 4.69) is 0 Å². The van der Waals surface area contributed by atoms with E-state index >= 15 is 0 Å². The average molecular weight is 422 g/mol. The van der Waals surface area contributed by atoms with Gasteiger partial charge in [-0.15, -0.1) is 0 Å². The molecule has 0 unspecified atom stereocenters. The standard InChI is InChI=1S/C26H18N2O4/c27-25(30)19-11-5-13-21-23(19)22-18(24(29)26(31)32)10-4-12-20(22)28(21)14-16-8-3-7-15-6-1-2-9-17(15)16/h1-13H,14H2,(H2,27,30)(H,31,32). The third kappa shape index (κ3) is 2.93. The molecule has 0 saturated heterocycles. The molecule has 0 spiro atoms. The third-order valence-electron chi connectivity index (χ3n) is 5.83. The molecule has 4 aromatic carbocycles. The Bertz CT molecular complexity index is 1570. The summed E-state index contributed by atoms with van der Waals surface area (Å²) in [6.45, 7) is 0.467. The molecule has 6 nitrogen and oxygen atoms in total. The number of Topliss-reactive ketones (excluding diaryl/α,β-unsaturated/α-hetero) is 1. The van der Waals surface area contributed by atoms with Gasteiger partial charge in [-0.2, -0.15) is 0 Å². The molecule has 0 radical (unpaired) electrons. The number of aliphatic carboxylic acids is 1. The summed E-state index contributed by atoms with van der Waals surface area (Å²) in [5, 5.41) is 12.5. The highest BCUT2D eigenvalue weighted by molar-refractivity contribution is 6.43. The second-order valence-electron chi connectivity index (χ2n) is 7.62. The van der Waals surface area contributed by atoms with Crippen molar-refractivity contribution >= 4 is 50.2 Å². The number of carbonyl (C=O) groups excluding carboxylic acids is 2. The summed E-state index contributed by atoms with van der Waals surface area (Å²) in [5.41, 5.74) is 8.34. The van der Waals surface area contributed by atoms with Gasteiger partial charge in [0, 0.05) is 28.4 Å². The predicted octanol–water partition coefficient (Wildman–Crippen LogP) is 4.36. The Kier molecular flexibility index (Phi) is 4.48. The number of rotatable bonds is 5. The summed E-state index contributed by atoms with van der Waals surface area (Å²) in [7, 11) is 0. The SMILES string of the molecule is NC(=O)c1cccc2c1c1c(C(=O)C(=O)O)cccc1n2Cc1cccc2ccccc12. The minimum absolute atomic E-state index is 0.0327. The Labute approximate surface area is 182 Å². The Morgan fingerprint density at radius 2 is 1.34 bits per heavy atom. The highest BCUT2D eigenvalue weighted by atomic mass is 16.4. The molecule has 6 heteroatoms. The van der Waals surface area contributed by atoms with Crippen LogP contribution in [0, 0.1) is 0 Å². The van der Waals surface area contributed by atoms with Gasteiger partial charge in [-0.05, 0) is 40.6 Å². The van der Waals surface area contributed by atoms with Gasteiger partial charge < -0.3 is 15.4 Å². The van der Waals surface area contributed by atoms with E-state index in [1.165, 1.54) is 6.07 Å². The van der Waals surface area contributed by atoms with E-state index in [1.54, 1.807) is 18.2 Å². The van der Waals surface area contributed by atoms with Crippen LogP contribution in [0.5, 0.6) is 0 Å². The predicted molar refractivity (Wildman–Crippen MR) is 123 cm³/mol. The summed E-state index contributed by atoms with van der Waals surface area (Å²) in [6, 6.07) is 24.2. The number of carboxylic acids is 1. The van der Waals surface area contributed by atoms with Crippen LogP contribution in [-0.4, -0.2) is 27.3 Å². The van der Waals surface area contributed by atoms with Crippen molar-refractivity contribution in [3.63, 3.8) is 0 Å². The molecule has 0 fully saturated rings. The Hall–Kier alpha value is -4.45. The molecule has 0 bridgehead atoms. The first kappa shape index (κ1) is 19.5. The molecule has 5 aromatic rings. The summed E-state index contributed by atoms with van der Waals surface area (Å²) >= 11 is 0. The minimum atomic E-state index is -1.55. The number of ketones is 1. The summed E-state index contributed by atoms with van der Waals surface area (Å²) in [4.78, 5) is 36.2. The fourth-order valence-corrected chi connectivity index (χ4v) is 4.47. The van der Waals surface area contributed by atoms with Crippen LogP contribution in [0.15, 0.2) is 78.9 Å². The second kappa shape index (κ2) is 7.35. The number of nitrogens with zero attached hydrogens (tertiary/aromatic N) is 1. The molecule has 0 aliphatic carbocycles. The van der Waals surface area contributed by atoms with E-state index in [-0.39, 0.29) is 11.1 Å². The fourth-order valence-electron chi connectivity index (χ4n) is 4.47. The maximum Gasteiger partial charge on any atom is 0.377 e. The van der Waals surface area contributed by atoms with Gasteiger partial charge in [0.25, 0.3) is 5.78 Å². The zero-order chi connectivity index (χ0) is 22.4. The van der Waals surface area contributed by atoms with Crippen molar-refractivity contribution in [1.82, 2.24) is 4.57 Å². The first-order valence-electron chi connectivity index (χ1n) is 10.1. The molecule has 156 valence electrons. The van der Waals surface area contributed by atoms with Crippen LogP contribution in [0.3, 0.4) is 0 Å². The number of hydrogen-bond acceptors (Lipinski definition) is 3. The average Bonchev–Trinajstić information content (AvgIpc) is 3.12. The second-order valence-corrected chi connectivity index (χ2v) is 7.62. The Morgan fingerprint density at radius 1 is 0.750 bits per heavy atom. The van der Waals surface area contributed by atoms with Gasteiger partial charge in [0.05, 0.1) is 11.0 Å². The lowest BCUT2D eigenvalue weighted by Gasteiger charge is -2.11. The fraction of sp³-hybridized carbons (Fsp3) is 0.0385. The lowest BCUT2D eigenvalue weighted by Crippen LogP contribution is -2.14. The van der Waals surface area contributed by atoms with Crippen LogP contribution in [0.2, 0.25) is 0 Å². The highest BCUT2D eigenvalue weighted by Gasteiger charge is 2.24. The van der Waals surface area contributed by atoms with E-state index in [9.17, 15) is 19.5 Å². The van der Waals surface area contributed by atoms with Crippen molar-refractivity contribution in [3.8, 4) is 0 Å².